The predicted molar refractivity (Wildman–Crippen MR) is 246 cm³/mol. The maximum absolute atomic E-state index is 13.0. The van der Waals surface area contributed by atoms with Crippen LogP contribution in [-0.2, 0) is 55.3 Å². The van der Waals surface area contributed by atoms with E-state index in [9.17, 15) is 24.0 Å². The zero-order chi connectivity index (χ0) is 46.8. The molecule has 5 amide bonds. The third-order valence-electron chi connectivity index (χ3n) is 11.2. The van der Waals surface area contributed by atoms with Crippen LogP contribution in [0.25, 0.3) is 11.5 Å². The third-order valence-corrected chi connectivity index (χ3v) is 11.2. The number of benzene rings is 3. The first-order valence-corrected chi connectivity index (χ1v) is 22.5. The highest BCUT2D eigenvalue weighted by Crippen LogP contribution is 2.32. The molecule has 4 N–H and O–H groups in total. The van der Waals surface area contributed by atoms with E-state index in [1.165, 1.54) is 11.2 Å². The number of unbranched alkanes of at least 4 members (excludes halogenated alkanes) is 3. The summed E-state index contributed by atoms with van der Waals surface area (Å²) in [5.74, 6) is 0.560. The fraction of sp³-hybridized carbons (Fsp3) is 0.396. The molecule has 0 aliphatic carbocycles. The highest BCUT2D eigenvalue weighted by Gasteiger charge is 2.40. The van der Waals surface area contributed by atoms with Gasteiger partial charge in [0.1, 0.15) is 23.8 Å². The zero-order valence-corrected chi connectivity index (χ0v) is 37.5. The number of anilines is 2. The molecule has 1 unspecified atom stereocenters. The van der Waals surface area contributed by atoms with E-state index in [4.69, 9.17) is 18.9 Å². The molecule has 1 saturated heterocycles. The molecule has 0 spiro atoms. The molecule has 3 aromatic carbocycles. The number of piperidine rings is 1. The number of ether oxygens (including phenoxy) is 4. The highest BCUT2D eigenvalue weighted by atomic mass is 16.5. The topological polar surface area (TPSA) is 230 Å². The van der Waals surface area contributed by atoms with Crippen LogP contribution >= 0.6 is 0 Å². The molecule has 2 aliphatic rings. The summed E-state index contributed by atoms with van der Waals surface area (Å²) in [5, 5.41) is 20.0. The van der Waals surface area contributed by atoms with Crippen LogP contribution in [0.5, 0.6) is 5.75 Å². The molecule has 0 bridgehead atoms. The van der Waals surface area contributed by atoms with Crippen molar-refractivity contribution in [1.29, 1.82) is 0 Å². The molecule has 4 heterocycles. The lowest BCUT2D eigenvalue weighted by Gasteiger charge is -2.29. The van der Waals surface area contributed by atoms with Crippen molar-refractivity contribution >= 4 is 40.9 Å². The minimum absolute atomic E-state index is 0.122. The van der Waals surface area contributed by atoms with Gasteiger partial charge >= 0.3 is 0 Å². The molecule has 352 valence electrons. The minimum atomic E-state index is -0.724. The molecule has 19 heteroatoms. The number of rotatable bonds is 26. The number of hydrogen-bond acceptors (Lipinski definition) is 14. The van der Waals surface area contributed by atoms with E-state index in [1.54, 1.807) is 42.6 Å². The Hall–Kier alpha value is -7.09. The molecular formula is C48H56N10O9. The van der Waals surface area contributed by atoms with Crippen LogP contribution in [-0.4, -0.2) is 111 Å². The summed E-state index contributed by atoms with van der Waals surface area (Å²) < 4.78 is 24.7. The van der Waals surface area contributed by atoms with Gasteiger partial charge in [-0.25, -0.2) is 9.97 Å². The van der Waals surface area contributed by atoms with Crippen molar-refractivity contribution < 1.29 is 42.9 Å². The van der Waals surface area contributed by atoms with Gasteiger partial charge in [0.2, 0.25) is 17.7 Å². The average molecular weight is 917 g/mol. The number of fused-ring (bicyclic) bond motifs is 1. The number of carbonyl (C=O) groups is 5. The quantitative estimate of drug-likeness (QED) is 0.0440. The first-order chi connectivity index (χ1) is 32.7. The van der Waals surface area contributed by atoms with E-state index >= 15 is 0 Å². The summed E-state index contributed by atoms with van der Waals surface area (Å²) in [6.45, 7) is 4.03. The van der Waals surface area contributed by atoms with Crippen molar-refractivity contribution in [1.82, 2.24) is 40.3 Å². The van der Waals surface area contributed by atoms with Gasteiger partial charge in [-0.05, 0) is 79.8 Å². The van der Waals surface area contributed by atoms with Gasteiger partial charge in [0.25, 0.3) is 11.8 Å². The molecule has 0 saturated carbocycles. The monoisotopic (exact) mass is 916 g/mol. The predicted octanol–water partition coefficient (Wildman–Crippen LogP) is 4.59. The molecule has 1 fully saturated rings. The molecule has 0 radical (unpaired) electrons. The van der Waals surface area contributed by atoms with Gasteiger partial charge in [-0.15, -0.1) is 10.2 Å². The Morgan fingerprint density at radius 1 is 0.821 bits per heavy atom. The van der Waals surface area contributed by atoms with Crippen LogP contribution in [0.4, 0.5) is 11.4 Å². The summed E-state index contributed by atoms with van der Waals surface area (Å²) in [6, 6.07) is 21.2. The molecule has 7 rings (SSSR count). The molecular weight excluding hydrogens is 861 g/mol. The Morgan fingerprint density at radius 3 is 2.40 bits per heavy atom. The van der Waals surface area contributed by atoms with Crippen LogP contribution < -0.4 is 26.0 Å². The molecule has 1 atom stereocenters. The van der Waals surface area contributed by atoms with Gasteiger partial charge < -0.3 is 44.4 Å². The van der Waals surface area contributed by atoms with Crippen LogP contribution in [0.15, 0.2) is 85.3 Å². The van der Waals surface area contributed by atoms with Crippen LogP contribution in [0, 0.1) is 0 Å². The van der Waals surface area contributed by atoms with Gasteiger partial charge in [0.15, 0.2) is 11.6 Å². The lowest BCUT2D eigenvalue weighted by molar-refractivity contribution is -0.137. The SMILES string of the molecule is Cn1c(CNc2cccc(C(=O)NCc3cccc(OCCCCCCOCCOCCOCCC(=O)Nc4cccc5c4CN(C4CCC(=O)NC4=O)C5=O)c3)c2)nnc1-c1ccncn1. The number of nitrogens with one attached hydrogen (secondary N) is 4. The number of nitrogens with zero attached hydrogens (tertiary/aromatic N) is 6. The van der Waals surface area contributed by atoms with E-state index in [1.807, 2.05) is 48.0 Å². The lowest BCUT2D eigenvalue weighted by atomic mass is 10.0. The summed E-state index contributed by atoms with van der Waals surface area (Å²) >= 11 is 0. The van der Waals surface area contributed by atoms with Crippen molar-refractivity contribution in [2.24, 2.45) is 7.05 Å². The molecule has 5 aromatic rings. The van der Waals surface area contributed by atoms with Gasteiger partial charge in [0, 0.05) is 67.4 Å². The van der Waals surface area contributed by atoms with E-state index < -0.39 is 11.9 Å². The van der Waals surface area contributed by atoms with Gasteiger partial charge in [-0.1, -0.05) is 30.7 Å². The summed E-state index contributed by atoms with van der Waals surface area (Å²) in [6.07, 6.45) is 7.58. The highest BCUT2D eigenvalue weighted by molar-refractivity contribution is 6.06. The van der Waals surface area contributed by atoms with E-state index in [0.29, 0.717) is 86.6 Å². The third kappa shape index (κ3) is 13.7. The fourth-order valence-corrected chi connectivity index (χ4v) is 7.61. The van der Waals surface area contributed by atoms with Gasteiger partial charge in [-0.2, -0.15) is 0 Å². The average Bonchev–Trinajstić information content (AvgIpc) is 3.88. The Morgan fingerprint density at radius 2 is 1.60 bits per heavy atom. The smallest absolute Gasteiger partial charge is 0.255 e. The number of carbonyl (C=O) groups excluding carboxylic acids is 5. The minimum Gasteiger partial charge on any atom is -0.494 e. The standard InChI is InChI=1S/C48H56N10O9/c1-57-42(55-56-45(57)40-17-19-49-32-52-40)30-50-35-11-7-10-34(28-35)46(61)51-29-33-9-6-12-36(27-33)67-21-5-3-2-4-20-64-23-25-66-26-24-65-22-18-44(60)53-39-14-8-13-37-38(39)31-58(48(37)63)41-15-16-43(59)54-47(41)62/h6-14,17,19,27-28,32,41,50H,2-5,15-16,18,20-26,29-31H2,1H3,(H,51,61)(H,53,60)(H,54,59,62). The van der Waals surface area contributed by atoms with E-state index in [0.717, 1.165) is 48.5 Å². The Kier molecular flexibility index (Phi) is 17.5. The van der Waals surface area contributed by atoms with Crippen molar-refractivity contribution in [3.05, 3.63) is 113 Å². The first kappa shape index (κ1) is 47.9. The lowest BCUT2D eigenvalue weighted by Crippen LogP contribution is -2.52. The number of aromatic nitrogens is 5. The molecule has 19 nitrogen and oxygen atoms in total. The van der Waals surface area contributed by atoms with Crippen molar-refractivity contribution in [2.45, 2.75) is 70.6 Å². The maximum atomic E-state index is 13.0. The van der Waals surface area contributed by atoms with Crippen molar-refractivity contribution in [3.8, 4) is 17.3 Å². The summed E-state index contributed by atoms with van der Waals surface area (Å²) in [4.78, 5) is 72.3. The molecule has 2 aliphatic heterocycles. The first-order valence-electron chi connectivity index (χ1n) is 22.5. The Labute approximate surface area is 388 Å². The van der Waals surface area contributed by atoms with E-state index in [-0.39, 0.29) is 56.0 Å². The Bertz CT molecular complexity index is 2480. The van der Waals surface area contributed by atoms with Gasteiger partial charge in [0.05, 0.1) is 52.6 Å². The number of imide groups is 1. The number of amides is 5. The van der Waals surface area contributed by atoms with Crippen molar-refractivity contribution in [2.75, 3.05) is 56.9 Å². The Balaban J connectivity index is 0.674. The van der Waals surface area contributed by atoms with Crippen LogP contribution in [0.3, 0.4) is 0 Å². The number of hydrogen-bond donors (Lipinski definition) is 4. The van der Waals surface area contributed by atoms with E-state index in [2.05, 4.69) is 41.4 Å². The maximum Gasteiger partial charge on any atom is 0.255 e. The normalized spacial score (nSPS) is 14.4. The van der Waals surface area contributed by atoms with Crippen LogP contribution in [0.2, 0.25) is 0 Å². The second-order valence-corrected chi connectivity index (χ2v) is 16.0. The fourth-order valence-electron chi connectivity index (χ4n) is 7.61. The molecule has 67 heavy (non-hydrogen) atoms. The van der Waals surface area contributed by atoms with Gasteiger partial charge in [-0.3, -0.25) is 29.3 Å². The second-order valence-electron chi connectivity index (χ2n) is 16.0. The summed E-state index contributed by atoms with van der Waals surface area (Å²) in [5.41, 5.74) is 4.54. The van der Waals surface area contributed by atoms with Crippen molar-refractivity contribution in [3.63, 3.8) is 0 Å². The van der Waals surface area contributed by atoms with Crippen LogP contribution in [0.1, 0.15) is 82.6 Å². The largest absolute Gasteiger partial charge is 0.494 e. The zero-order valence-electron chi connectivity index (χ0n) is 37.5. The molecule has 2 aromatic heterocycles. The second kappa shape index (κ2) is 24.4. The summed E-state index contributed by atoms with van der Waals surface area (Å²) in [7, 11) is 1.88.